The van der Waals surface area contributed by atoms with Gasteiger partial charge in [-0.1, -0.05) is 30.3 Å². The Kier molecular flexibility index (Phi) is 2.83. The average Bonchev–Trinajstić information content (AvgIpc) is 2.31. The highest BCUT2D eigenvalue weighted by Crippen LogP contribution is 2.32. The van der Waals surface area contributed by atoms with Gasteiger partial charge in [-0.3, -0.25) is 0 Å². The Labute approximate surface area is 94.1 Å². The highest BCUT2D eigenvalue weighted by molar-refractivity contribution is 5.65. The smallest absolute Gasteiger partial charge is 0.407 e. The van der Waals surface area contributed by atoms with Crippen LogP contribution < -0.4 is 0 Å². The number of carboxylic acid groups (broad SMARTS) is 1. The molecular formula is C12H15NO3. The standard InChI is InChI=1S/C12H15NO3/c14-11(15)13-8-6-12(16,7-9-13)10-4-2-1-3-5-10/h1-5,16H,6-9H2,(H,14,15). The second-order valence-corrected chi connectivity index (χ2v) is 4.17. The fourth-order valence-corrected chi connectivity index (χ4v) is 2.10. The van der Waals surface area contributed by atoms with E-state index in [1.807, 2.05) is 30.3 Å². The number of hydrogen-bond donors (Lipinski definition) is 2. The molecular weight excluding hydrogens is 206 g/mol. The lowest BCUT2D eigenvalue weighted by Crippen LogP contribution is -2.44. The Balaban J connectivity index is 2.10. The molecule has 4 heteroatoms. The molecule has 1 aromatic carbocycles. The zero-order valence-electron chi connectivity index (χ0n) is 8.97. The SMILES string of the molecule is O=C(O)N1CCC(O)(c2ccccc2)CC1. The van der Waals surface area contributed by atoms with Gasteiger partial charge < -0.3 is 15.1 Å². The molecule has 86 valence electrons. The molecule has 16 heavy (non-hydrogen) atoms. The van der Waals surface area contributed by atoms with Crippen LogP contribution in [-0.2, 0) is 5.60 Å². The topological polar surface area (TPSA) is 60.8 Å². The van der Waals surface area contributed by atoms with Crippen LogP contribution in [0.2, 0.25) is 0 Å². The molecule has 2 rings (SSSR count). The number of piperidine rings is 1. The van der Waals surface area contributed by atoms with Gasteiger partial charge in [-0.15, -0.1) is 0 Å². The van der Waals surface area contributed by atoms with Crippen LogP contribution in [0.15, 0.2) is 30.3 Å². The van der Waals surface area contributed by atoms with E-state index in [1.54, 1.807) is 0 Å². The first-order valence-electron chi connectivity index (χ1n) is 5.38. The van der Waals surface area contributed by atoms with Crippen molar-refractivity contribution < 1.29 is 15.0 Å². The number of amides is 1. The molecule has 1 saturated heterocycles. The Morgan fingerprint density at radius 3 is 2.25 bits per heavy atom. The molecule has 0 unspecified atom stereocenters. The number of nitrogens with zero attached hydrogens (tertiary/aromatic N) is 1. The van der Waals surface area contributed by atoms with Crippen molar-refractivity contribution in [1.82, 2.24) is 4.90 Å². The lowest BCUT2D eigenvalue weighted by atomic mass is 9.84. The molecule has 0 aliphatic carbocycles. The maximum atomic E-state index is 10.7. The molecule has 4 nitrogen and oxygen atoms in total. The zero-order chi connectivity index (χ0) is 11.6. The summed E-state index contributed by atoms with van der Waals surface area (Å²) < 4.78 is 0. The Bertz CT molecular complexity index is 369. The van der Waals surface area contributed by atoms with Crippen LogP contribution >= 0.6 is 0 Å². The van der Waals surface area contributed by atoms with Crippen molar-refractivity contribution >= 4 is 6.09 Å². The van der Waals surface area contributed by atoms with Crippen LogP contribution in [0.5, 0.6) is 0 Å². The normalized spacial score (nSPS) is 19.4. The van der Waals surface area contributed by atoms with E-state index in [1.165, 1.54) is 4.90 Å². The van der Waals surface area contributed by atoms with E-state index in [9.17, 15) is 9.90 Å². The fraction of sp³-hybridized carbons (Fsp3) is 0.417. The number of rotatable bonds is 1. The first-order valence-corrected chi connectivity index (χ1v) is 5.38. The van der Waals surface area contributed by atoms with Gasteiger partial charge in [-0.05, 0) is 18.4 Å². The molecule has 1 aliphatic heterocycles. The third-order valence-electron chi connectivity index (χ3n) is 3.17. The second kappa shape index (κ2) is 4.14. The lowest BCUT2D eigenvalue weighted by molar-refractivity contribution is -0.0213. The summed E-state index contributed by atoms with van der Waals surface area (Å²) in [5, 5.41) is 19.2. The van der Waals surface area contributed by atoms with Gasteiger partial charge in [0.25, 0.3) is 0 Å². The molecule has 1 aromatic rings. The van der Waals surface area contributed by atoms with E-state index in [2.05, 4.69) is 0 Å². The quantitative estimate of drug-likeness (QED) is 0.758. The minimum absolute atomic E-state index is 0.390. The summed E-state index contributed by atoms with van der Waals surface area (Å²) in [6.07, 6.45) is 0.0159. The molecule has 0 bridgehead atoms. The predicted molar refractivity (Wildman–Crippen MR) is 59.2 cm³/mol. The lowest BCUT2D eigenvalue weighted by Gasteiger charge is -2.37. The molecule has 1 fully saturated rings. The van der Waals surface area contributed by atoms with Crippen LogP contribution in [0, 0.1) is 0 Å². The van der Waals surface area contributed by atoms with Crippen LogP contribution in [0.1, 0.15) is 18.4 Å². The largest absolute Gasteiger partial charge is 0.465 e. The summed E-state index contributed by atoms with van der Waals surface area (Å²) in [5.41, 5.74) is 0.00719. The van der Waals surface area contributed by atoms with Crippen molar-refractivity contribution in [2.45, 2.75) is 18.4 Å². The number of hydrogen-bond acceptors (Lipinski definition) is 2. The molecule has 0 aromatic heterocycles. The maximum absolute atomic E-state index is 10.7. The highest BCUT2D eigenvalue weighted by Gasteiger charge is 2.35. The van der Waals surface area contributed by atoms with Crippen LogP contribution in [-0.4, -0.2) is 34.3 Å². The number of likely N-dealkylation sites (tertiary alicyclic amines) is 1. The zero-order valence-corrected chi connectivity index (χ0v) is 8.97. The van der Waals surface area contributed by atoms with Gasteiger partial charge in [-0.2, -0.15) is 0 Å². The van der Waals surface area contributed by atoms with Gasteiger partial charge in [0.1, 0.15) is 0 Å². The van der Waals surface area contributed by atoms with E-state index in [0.29, 0.717) is 25.9 Å². The summed E-state index contributed by atoms with van der Waals surface area (Å²) in [6.45, 7) is 0.779. The van der Waals surface area contributed by atoms with E-state index in [0.717, 1.165) is 5.56 Å². The van der Waals surface area contributed by atoms with Crippen molar-refractivity contribution in [2.75, 3.05) is 13.1 Å². The Morgan fingerprint density at radius 1 is 1.19 bits per heavy atom. The third kappa shape index (κ3) is 2.02. The molecule has 2 N–H and O–H groups in total. The van der Waals surface area contributed by atoms with Gasteiger partial charge in [0, 0.05) is 13.1 Å². The van der Waals surface area contributed by atoms with E-state index in [-0.39, 0.29) is 0 Å². The van der Waals surface area contributed by atoms with Crippen molar-refractivity contribution in [1.29, 1.82) is 0 Å². The molecule has 0 atom stereocenters. The predicted octanol–water partition coefficient (Wildman–Crippen LogP) is 1.65. The van der Waals surface area contributed by atoms with Gasteiger partial charge in [-0.25, -0.2) is 4.79 Å². The average molecular weight is 221 g/mol. The van der Waals surface area contributed by atoms with E-state index in [4.69, 9.17) is 5.11 Å². The molecule has 0 spiro atoms. The molecule has 1 aliphatic rings. The molecule has 1 amide bonds. The van der Waals surface area contributed by atoms with Crippen molar-refractivity contribution in [3.05, 3.63) is 35.9 Å². The third-order valence-corrected chi connectivity index (χ3v) is 3.17. The van der Waals surface area contributed by atoms with E-state index >= 15 is 0 Å². The summed E-state index contributed by atoms with van der Waals surface area (Å²) in [6, 6.07) is 9.44. The van der Waals surface area contributed by atoms with Gasteiger partial charge in [0.15, 0.2) is 0 Å². The van der Waals surface area contributed by atoms with E-state index < -0.39 is 11.7 Å². The molecule has 1 heterocycles. The van der Waals surface area contributed by atoms with Crippen LogP contribution in [0.3, 0.4) is 0 Å². The summed E-state index contributed by atoms with van der Waals surface area (Å²) >= 11 is 0. The summed E-state index contributed by atoms with van der Waals surface area (Å²) in [5.74, 6) is 0. The minimum atomic E-state index is -0.907. The van der Waals surface area contributed by atoms with Gasteiger partial charge in [0.05, 0.1) is 5.60 Å². The number of carbonyl (C=O) groups is 1. The first-order chi connectivity index (χ1) is 7.62. The van der Waals surface area contributed by atoms with Crippen molar-refractivity contribution in [3.63, 3.8) is 0 Å². The monoisotopic (exact) mass is 221 g/mol. The highest BCUT2D eigenvalue weighted by atomic mass is 16.4. The van der Waals surface area contributed by atoms with Gasteiger partial charge in [0.2, 0.25) is 0 Å². The minimum Gasteiger partial charge on any atom is -0.465 e. The number of benzene rings is 1. The van der Waals surface area contributed by atoms with Crippen LogP contribution in [0.4, 0.5) is 4.79 Å². The second-order valence-electron chi connectivity index (χ2n) is 4.17. The fourth-order valence-electron chi connectivity index (χ4n) is 2.10. The molecule has 0 saturated carbocycles. The van der Waals surface area contributed by atoms with Gasteiger partial charge >= 0.3 is 6.09 Å². The Morgan fingerprint density at radius 2 is 1.75 bits per heavy atom. The Hall–Kier alpha value is -1.55. The maximum Gasteiger partial charge on any atom is 0.407 e. The van der Waals surface area contributed by atoms with Crippen molar-refractivity contribution in [2.24, 2.45) is 0 Å². The first kappa shape index (κ1) is 11.0. The molecule has 0 radical (unpaired) electrons. The van der Waals surface area contributed by atoms with Crippen molar-refractivity contribution in [3.8, 4) is 0 Å². The summed E-state index contributed by atoms with van der Waals surface area (Å²) in [7, 11) is 0. The number of aliphatic hydroxyl groups is 1. The van der Waals surface area contributed by atoms with Crippen LogP contribution in [0.25, 0.3) is 0 Å². The summed E-state index contributed by atoms with van der Waals surface area (Å²) in [4.78, 5) is 12.1.